The Kier molecular flexibility index (Phi) is 3.03. The maximum absolute atomic E-state index is 9.32. The second-order valence-electron chi connectivity index (χ2n) is 4.51. The molecule has 0 aliphatic carbocycles. The minimum atomic E-state index is 0.0442. The van der Waals surface area contributed by atoms with E-state index < -0.39 is 0 Å². The first kappa shape index (κ1) is 11.9. The first-order valence-corrected chi connectivity index (χ1v) is 5.78. The highest BCUT2D eigenvalue weighted by Crippen LogP contribution is 2.21. The highest BCUT2D eigenvalue weighted by Gasteiger charge is 2.12. The van der Waals surface area contributed by atoms with Crippen molar-refractivity contribution in [2.24, 2.45) is 0 Å². The number of hydrogen-bond donors (Lipinski definition) is 1. The molecule has 1 aromatic heterocycles. The zero-order valence-electron chi connectivity index (χ0n) is 10.8. The maximum atomic E-state index is 9.32. The van der Waals surface area contributed by atoms with Crippen molar-refractivity contribution in [2.45, 2.75) is 34.3 Å². The Morgan fingerprint density at radius 1 is 1.18 bits per heavy atom. The lowest BCUT2D eigenvalue weighted by atomic mass is 10.1. The van der Waals surface area contributed by atoms with Crippen molar-refractivity contribution in [3.8, 4) is 5.69 Å². The molecule has 2 aromatic rings. The fraction of sp³-hybridized carbons (Fsp3) is 0.357. The van der Waals surface area contributed by atoms with Gasteiger partial charge in [0.2, 0.25) is 0 Å². The molecule has 0 saturated heterocycles. The molecule has 90 valence electrons. The lowest BCUT2D eigenvalue weighted by molar-refractivity contribution is 0.280. The Balaban J connectivity index is 2.61. The SMILES string of the molecule is Cc1ccc(-n2nc(C)c(CO)c2C)c(C)c1. The van der Waals surface area contributed by atoms with Gasteiger partial charge in [-0.25, -0.2) is 4.68 Å². The van der Waals surface area contributed by atoms with E-state index in [0.717, 1.165) is 22.6 Å². The van der Waals surface area contributed by atoms with Crippen molar-refractivity contribution in [3.63, 3.8) is 0 Å². The van der Waals surface area contributed by atoms with Crippen molar-refractivity contribution in [3.05, 3.63) is 46.3 Å². The molecule has 0 saturated carbocycles. The van der Waals surface area contributed by atoms with Gasteiger partial charge < -0.3 is 5.11 Å². The third kappa shape index (κ3) is 1.98. The topological polar surface area (TPSA) is 38.0 Å². The summed E-state index contributed by atoms with van der Waals surface area (Å²) in [4.78, 5) is 0. The maximum Gasteiger partial charge on any atom is 0.0718 e. The monoisotopic (exact) mass is 230 g/mol. The summed E-state index contributed by atoms with van der Waals surface area (Å²) in [6, 6.07) is 6.30. The Morgan fingerprint density at radius 2 is 1.88 bits per heavy atom. The Hall–Kier alpha value is -1.61. The summed E-state index contributed by atoms with van der Waals surface area (Å²) in [5.74, 6) is 0. The van der Waals surface area contributed by atoms with E-state index in [1.165, 1.54) is 11.1 Å². The Bertz CT molecular complexity index is 556. The average Bonchev–Trinajstić information content (AvgIpc) is 2.54. The lowest BCUT2D eigenvalue weighted by Crippen LogP contribution is -2.02. The van der Waals surface area contributed by atoms with Gasteiger partial charge in [-0.05, 0) is 39.3 Å². The lowest BCUT2D eigenvalue weighted by Gasteiger charge is -2.09. The average molecular weight is 230 g/mol. The zero-order valence-corrected chi connectivity index (χ0v) is 10.8. The van der Waals surface area contributed by atoms with Gasteiger partial charge >= 0.3 is 0 Å². The van der Waals surface area contributed by atoms with Crippen LogP contribution in [-0.4, -0.2) is 14.9 Å². The van der Waals surface area contributed by atoms with E-state index >= 15 is 0 Å². The molecule has 0 bridgehead atoms. The van der Waals surface area contributed by atoms with Gasteiger partial charge in [0.1, 0.15) is 0 Å². The number of nitrogens with zero attached hydrogens (tertiary/aromatic N) is 2. The van der Waals surface area contributed by atoms with Gasteiger partial charge in [0, 0.05) is 11.3 Å². The van der Waals surface area contributed by atoms with Crippen LogP contribution in [0.1, 0.15) is 28.1 Å². The Morgan fingerprint density at radius 3 is 2.41 bits per heavy atom. The number of benzene rings is 1. The third-order valence-electron chi connectivity index (χ3n) is 3.18. The highest BCUT2D eigenvalue weighted by molar-refractivity contribution is 5.44. The molecule has 2 rings (SSSR count). The fourth-order valence-corrected chi connectivity index (χ4v) is 2.18. The predicted octanol–water partition coefficient (Wildman–Crippen LogP) is 2.60. The van der Waals surface area contributed by atoms with E-state index in [4.69, 9.17) is 0 Å². The summed E-state index contributed by atoms with van der Waals surface area (Å²) in [7, 11) is 0. The Labute approximate surface area is 102 Å². The molecule has 3 nitrogen and oxygen atoms in total. The van der Waals surface area contributed by atoms with E-state index in [0.29, 0.717) is 0 Å². The number of aryl methyl sites for hydroxylation is 3. The molecule has 0 aliphatic heterocycles. The minimum Gasteiger partial charge on any atom is -0.392 e. The summed E-state index contributed by atoms with van der Waals surface area (Å²) in [6.45, 7) is 8.13. The summed E-state index contributed by atoms with van der Waals surface area (Å²) >= 11 is 0. The van der Waals surface area contributed by atoms with Crippen molar-refractivity contribution >= 4 is 0 Å². The third-order valence-corrected chi connectivity index (χ3v) is 3.18. The molecule has 3 heteroatoms. The van der Waals surface area contributed by atoms with Crippen LogP contribution in [0.25, 0.3) is 5.69 Å². The standard InChI is InChI=1S/C14H18N2O/c1-9-5-6-14(10(2)7-9)16-12(4)13(8-17)11(3)15-16/h5-7,17H,8H2,1-4H3. The van der Waals surface area contributed by atoms with Crippen LogP contribution in [0.2, 0.25) is 0 Å². The molecular weight excluding hydrogens is 212 g/mol. The number of hydrogen-bond acceptors (Lipinski definition) is 2. The normalized spacial score (nSPS) is 10.9. The van der Waals surface area contributed by atoms with Crippen molar-refractivity contribution in [2.75, 3.05) is 0 Å². The van der Waals surface area contributed by atoms with E-state index in [-0.39, 0.29) is 6.61 Å². The van der Waals surface area contributed by atoms with Crippen LogP contribution >= 0.6 is 0 Å². The van der Waals surface area contributed by atoms with E-state index in [1.54, 1.807) is 0 Å². The first-order valence-electron chi connectivity index (χ1n) is 5.78. The minimum absolute atomic E-state index is 0.0442. The summed E-state index contributed by atoms with van der Waals surface area (Å²) < 4.78 is 1.91. The molecule has 0 amide bonds. The van der Waals surface area contributed by atoms with E-state index in [9.17, 15) is 5.11 Å². The molecule has 0 fully saturated rings. The van der Waals surface area contributed by atoms with E-state index in [2.05, 4.69) is 37.1 Å². The second-order valence-corrected chi connectivity index (χ2v) is 4.51. The number of aromatic nitrogens is 2. The fourth-order valence-electron chi connectivity index (χ4n) is 2.18. The van der Waals surface area contributed by atoms with Crippen LogP contribution in [0.4, 0.5) is 0 Å². The van der Waals surface area contributed by atoms with Crippen LogP contribution < -0.4 is 0 Å². The van der Waals surface area contributed by atoms with E-state index in [1.807, 2.05) is 18.5 Å². The van der Waals surface area contributed by atoms with Crippen LogP contribution in [0.3, 0.4) is 0 Å². The molecule has 1 N–H and O–H groups in total. The van der Waals surface area contributed by atoms with Crippen LogP contribution in [0.5, 0.6) is 0 Å². The number of aliphatic hydroxyl groups is 1. The van der Waals surface area contributed by atoms with Gasteiger partial charge in [-0.3, -0.25) is 0 Å². The van der Waals surface area contributed by atoms with Crippen molar-refractivity contribution in [1.29, 1.82) is 0 Å². The largest absolute Gasteiger partial charge is 0.392 e. The molecule has 0 aliphatic rings. The molecule has 17 heavy (non-hydrogen) atoms. The van der Waals surface area contributed by atoms with Crippen LogP contribution in [-0.2, 0) is 6.61 Å². The smallest absolute Gasteiger partial charge is 0.0718 e. The number of aliphatic hydroxyl groups excluding tert-OH is 1. The highest BCUT2D eigenvalue weighted by atomic mass is 16.3. The van der Waals surface area contributed by atoms with Gasteiger partial charge in [0.15, 0.2) is 0 Å². The van der Waals surface area contributed by atoms with Gasteiger partial charge in [-0.15, -0.1) is 0 Å². The summed E-state index contributed by atoms with van der Waals surface area (Å²) in [5.41, 5.74) is 6.35. The second kappa shape index (κ2) is 4.34. The zero-order chi connectivity index (χ0) is 12.6. The van der Waals surface area contributed by atoms with Gasteiger partial charge in [0.05, 0.1) is 18.0 Å². The quantitative estimate of drug-likeness (QED) is 0.861. The summed E-state index contributed by atoms with van der Waals surface area (Å²) in [5, 5.41) is 13.8. The van der Waals surface area contributed by atoms with Gasteiger partial charge in [-0.1, -0.05) is 17.7 Å². The number of rotatable bonds is 2. The first-order chi connectivity index (χ1) is 8.04. The van der Waals surface area contributed by atoms with Crippen molar-refractivity contribution < 1.29 is 5.11 Å². The van der Waals surface area contributed by atoms with Gasteiger partial charge in [0.25, 0.3) is 0 Å². The van der Waals surface area contributed by atoms with Crippen LogP contribution in [0, 0.1) is 27.7 Å². The molecule has 1 aromatic carbocycles. The molecule has 0 spiro atoms. The summed E-state index contributed by atoms with van der Waals surface area (Å²) in [6.07, 6.45) is 0. The predicted molar refractivity (Wildman–Crippen MR) is 68.4 cm³/mol. The van der Waals surface area contributed by atoms with Crippen LogP contribution in [0.15, 0.2) is 18.2 Å². The molecular formula is C14H18N2O. The van der Waals surface area contributed by atoms with Crippen molar-refractivity contribution in [1.82, 2.24) is 9.78 Å². The molecule has 0 radical (unpaired) electrons. The molecule has 1 heterocycles. The molecule has 0 unspecified atom stereocenters. The van der Waals surface area contributed by atoms with Gasteiger partial charge in [-0.2, -0.15) is 5.10 Å². The molecule has 0 atom stereocenters.